The Hall–Kier alpha value is -2.15. The van der Waals surface area contributed by atoms with Crippen LogP contribution < -0.4 is 5.32 Å². The summed E-state index contributed by atoms with van der Waals surface area (Å²) in [6, 6.07) is 0. The molecule has 0 aromatic carbocycles. The number of aromatic nitrogens is 1. The van der Waals surface area contributed by atoms with E-state index in [1.54, 1.807) is 19.2 Å². The molecule has 1 amide bonds. The van der Waals surface area contributed by atoms with Crippen LogP contribution in [0.1, 0.15) is 40.1 Å². The number of anilines is 1. The van der Waals surface area contributed by atoms with Gasteiger partial charge in [0.25, 0.3) is 5.91 Å². The van der Waals surface area contributed by atoms with Gasteiger partial charge in [-0.05, 0) is 27.7 Å². The minimum Gasteiger partial charge on any atom is -0.466 e. The monoisotopic (exact) mass is 293 g/mol. The summed E-state index contributed by atoms with van der Waals surface area (Å²) in [5.41, 5.74) is 2.29. The molecule has 2 N–H and O–H groups in total. The third kappa shape index (κ3) is 2.57. The number of thiazole rings is 1. The fraction of sp³-hybridized carbons (Fsp3) is 0.308. The van der Waals surface area contributed by atoms with Gasteiger partial charge in [-0.3, -0.25) is 10.1 Å². The molecule has 2 aromatic heterocycles. The lowest BCUT2D eigenvalue weighted by atomic mass is 10.1. The summed E-state index contributed by atoms with van der Waals surface area (Å²) >= 11 is 1.27. The largest absolute Gasteiger partial charge is 0.466 e. The van der Waals surface area contributed by atoms with Gasteiger partial charge >= 0.3 is 0 Å². The molecule has 106 valence electrons. The van der Waals surface area contributed by atoms with Crippen LogP contribution in [0.4, 0.5) is 5.13 Å². The SMILES string of the molecule is CC(=NO)c1csc(NC(=O)c2c(C)oc(C)c2C)n1. The number of amides is 1. The van der Waals surface area contributed by atoms with Crippen molar-refractivity contribution in [2.24, 2.45) is 5.16 Å². The van der Waals surface area contributed by atoms with Gasteiger partial charge < -0.3 is 9.62 Å². The maximum Gasteiger partial charge on any atom is 0.261 e. The fourth-order valence-corrected chi connectivity index (χ4v) is 2.58. The zero-order chi connectivity index (χ0) is 14.9. The maximum atomic E-state index is 12.2. The van der Waals surface area contributed by atoms with E-state index in [-0.39, 0.29) is 5.91 Å². The molecule has 20 heavy (non-hydrogen) atoms. The van der Waals surface area contributed by atoms with Crippen molar-refractivity contribution in [3.63, 3.8) is 0 Å². The summed E-state index contributed by atoms with van der Waals surface area (Å²) in [6.45, 7) is 7.05. The molecule has 0 saturated heterocycles. The zero-order valence-electron chi connectivity index (χ0n) is 11.6. The van der Waals surface area contributed by atoms with Gasteiger partial charge in [-0.2, -0.15) is 0 Å². The van der Waals surface area contributed by atoms with E-state index in [9.17, 15) is 4.79 Å². The molecule has 0 aliphatic carbocycles. The van der Waals surface area contributed by atoms with Crippen molar-refractivity contribution in [2.75, 3.05) is 5.32 Å². The molecule has 0 unspecified atom stereocenters. The number of hydrogen-bond donors (Lipinski definition) is 2. The summed E-state index contributed by atoms with van der Waals surface area (Å²) < 4.78 is 5.43. The molecule has 2 rings (SSSR count). The van der Waals surface area contributed by atoms with Crippen LogP contribution in [0, 0.1) is 20.8 Å². The molecule has 6 nitrogen and oxygen atoms in total. The normalized spacial score (nSPS) is 11.7. The Kier molecular flexibility index (Phi) is 3.89. The van der Waals surface area contributed by atoms with Gasteiger partial charge in [0.15, 0.2) is 5.13 Å². The third-order valence-electron chi connectivity index (χ3n) is 3.03. The number of nitrogens with zero attached hydrogens (tertiary/aromatic N) is 2. The van der Waals surface area contributed by atoms with Crippen molar-refractivity contribution in [2.45, 2.75) is 27.7 Å². The Morgan fingerprint density at radius 1 is 1.40 bits per heavy atom. The quantitative estimate of drug-likeness (QED) is 0.517. The van der Waals surface area contributed by atoms with Crippen LogP contribution in [0.15, 0.2) is 15.0 Å². The van der Waals surface area contributed by atoms with Crippen LogP contribution in [-0.4, -0.2) is 21.8 Å². The number of hydrogen-bond acceptors (Lipinski definition) is 6. The van der Waals surface area contributed by atoms with E-state index in [1.807, 2.05) is 13.8 Å². The molecule has 0 bridgehead atoms. The first-order chi connectivity index (χ1) is 9.43. The number of oxime groups is 1. The molecule has 7 heteroatoms. The minimum absolute atomic E-state index is 0.253. The van der Waals surface area contributed by atoms with Crippen molar-refractivity contribution in [1.29, 1.82) is 0 Å². The number of furan rings is 1. The van der Waals surface area contributed by atoms with Gasteiger partial charge in [0, 0.05) is 10.9 Å². The predicted molar refractivity (Wildman–Crippen MR) is 77.0 cm³/mol. The van der Waals surface area contributed by atoms with E-state index in [0.29, 0.717) is 27.9 Å². The number of nitrogens with one attached hydrogen (secondary N) is 1. The highest BCUT2D eigenvalue weighted by atomic mass is 32.1. The molecule has 0 aliphatic rings. The highest BCUT2D eigenvalue weighted by Gasteiger charge is 2.19. The van der Waals surface area contributed by atoms with Gasteiger partial charge in [-0.15, -0.1) is 11.3 Å². The van der Waals surface area contributed by atoms with Crippen molar-refractivity contribution in [3.8, 4) is 0 Å². The molecule has 0 spiro atoms. The molecular formula is C13H15N3O3S. The van der Waals surface area contributed by atoms with Gasteiger partial charge in [0.2, 0.25) is 0 Å². The van der Waals surface area contributed by atoms with Crippen LogP contribution in [0.2, 0.25) is 0 Å². The topological polar surface area (TPSA) is 87.7 Å². The first-order valence-electron chi connectivity index (χ1n) is 5.96. The molecule has 0 fully saturated rings. The minimum atomic E-state index is -0.253. The highest BCUT2D eigenvalue weighted by Crippen LogP contribution is 2.23. The first-order valence-corrected chi connectivity index (χ1v) is 6.84. The molecule has 0 aliphatic heterocycles. The molecule has 2 aromatic rings. The van der Waals surface area contributed by atoms with E-state index in [1.165, 1.54) is 11.3 Å². The Balaban J connectivity index is 2.22. The number of carbonyl (C=O) groups is 1. The number of rotatable bonds is 3. The summed E-state index contributed by atoms with van der Waals surface area (Å²) in [7, 11) is 0. The number of carbonyl (C=O) groups excluding carboxylic acids is 1. The lowest BCUT2D eigenvalue weighted by Gasteiger charge is -2.01. The van der Waals surface area contributed by atoms with E-state index in [2.05, 4.69) is 15.5 Å². The van der Waals surface area contributed by atoms with Gasteiger partial charge in [0.05, 0.1) is 5.56 Å². The number of aryl methyl sites for hydroxylation is 2. The summed E-state index contributed by atoms with van der Waals surface area (Å²) in [5.74, 6) is 1.06. The second kappa shape index (κ2) is 5.46. The second-order valence-corrected chi connectivity index (χ2v) is 5.25. The van der Waals surface area contributed by atoms with Crippen molar-refractivity contribution < 1.29 is 14.4 Å². The zero-order valence-corrected chi connectivity index (χ0v) is 12.5. The van der Waals surface area contributed by atoms with Crippen LogP contribution in [0.3, 0.4) is 0 Å². The standard InChI is InChI=1S/C13H15N3O3S/c1-6-8(3)19-9(4)11(6)12(17)15-13-14-10(5-20-13)7(2)16-18/h5,18H,1-4H3,(H,14,15,17). The average molecular weight is 293 g/mol. The van der Waals surface area contributed by atoms with E-state index >= 15 is 0 Å². The summed E-state index contributed by atoms with van der Waals surface area (Å²) in [5, 5.41) is 16.6. The van der Waals surface area contributed by atoms with Gasteiger partial charge in [-0.25, -0.2) is 4.98 Å². The third-order valence-corrected chi connectivity index (χ3v) is 3.79. The second-order valence-electron chi connectivity index (χ2n) is 4.39. The lowest BCUT2D eigenvalue weighted by Crippen LogP contribution is -2.13. The lowest BCUT2D eigenvalue weighted by molar-refractivity contribution is 0.102. The van der Waals surface area contributed by atoms with Crippen molar-refractivity contribution in [3.05, 3.63) is 33.7 Å². The smallest absolute Gasteiger partial charge is 0.261 e. The Morgan fingerprint density at radius 3 is 2.65 bits per heavy atom. The average Bonchev–Trinajstić information content (AvgIpc) is 2.94. The van der Waals surface area contributed by atoms with E-state index in [0.717, 1.165) is 11.3 Å². The molecule has 0 saturated carbocycles. The van der Waals surface area contributed by atoms with Crippen molar-refractivity contribution >= 4 is 28.1 Å². The predicted octanol–water partition coefficient (Wildman–Crippen LogP) is 3.11. The molecule has 0 radical (unpaired) electrons. The molecular weight excluding hydrogens is 278 g/mol. The van der Waals surface area contributed by atoms with Crippen LogP contribution in [0.5, 0.6) is 0 Å². The summed E-state index contributed by atoms with van der Waals surface area (Å²) in [4.78, 5) is 16.4. The van der Waals surface area contributed by atoms with Crippen LogP contribution in [0.25, 0.3) is 0 Å². The molecule has 2 heterocycles. The van der Waals surface area contributed by atoms with Crippen molar-refractivity contribution in [1.82, 2.24) is 4.98 Å². The summed E-state index contributed by atoms with van der Waals surface area (Å²) in [6.07, 6.45) is 0. The maximum absolute atomic E-state index is 12.2. The fourth-order valence-electron chi connectivity index (χ4n) is 1.84. The van der Waals surface area contributed by atoms with E-state index < -0.39 is 0 Å². The van der Waals surface area contributed by atoms with E-state index in [4.69, 9.17) is 9.62 Å². The first kappa shape index (κ1) is 14.3. The Bertz CT molecular complexity index is 685. The van der Waals surface area contributed by atoms with Crippen LogP contribution in [-0.2, 0) is 0 Å². The van der Waals surface area contributed by atoms with Crippen LogP contribution >= 0.6 is 11.3 Å². The Labute approximate surface area is 120 Å². The van der Waals surface area contributed by atoms with Gasteiger partial charge in [-0.1, -0.05) is 5.16 Å². The molecule has 0 atom stereocenters. The van der Waals surface area contributed by atoms with Gasteiger partial charge in [0.1, 0.15) is 22.9 Å². The Morgan fingerprint density at radius 2 is 2.10 bits per heavy atom. The highest BCUT2D eigenvalue weighted by molar-refractivity contribution is 7.14.